The predicted molar refractivity (Wildman–Crippen MR) is 85.8 cm³/mol. The number of halogens is 1. The van der Waals surface area contributed by atoms with E-state index in [9.17, 15) is 9.59 Å². The van der Waals surface area contributed by atoms with Crippen LogP contribution < -0.4 is 5.32 Å². The largest absolute Gasteiger partial charge is 0.479 e. The van der Waals surface area contributed by atoms with E-state index in [1.807, 2.05) is 26.0 Å². The number of benzene rings is 1. The molecule has 1 unspecified atom stereocenters. The molecule has 1 aromatic rings. The fraction of sp³-hybridized carbons (Fsp3) is 0.429. The SMILES string of the molecule is COC(CNC(=O)CSc1cc(C)c(Br)cc1C)C(=O)O. The van der Waals surface area contributed by atoms with Crippen molar-refractivity contribution in [1.29, 1.82) is 0 Å². The summed E-state index contributed by atoms with van der Waals surface area (Å²) in [5.74, 6) is -1.08. The van der Waals surface area contributed by atoms with Crippen LogP contribution in [0, 0.1) is 13.8 Å². The predicted octanol–water partition coefficient (Wildman–Crippen LogP) is 2.37. The maximum Gasteiger partial charge on any atom is 0.334 e. The number of hydrogen-bond acceptors (Lipinski definition) is 4. The second-order valence-corrected chi connectivity index (χ2v) is 6.39. The summed E-state index contributed by atoms with van der Waals surface area (Å²) in [6, 6.07) is 4.04. The van der Waals surface area contributed by atoms with Gasteiger partial charge in [-0.25, -0.2) is 4.79 Å². The Morgan fingerprint density at radius 3 is 2.62 bits per heavy atom. The summed E-state index contributed by atoms with van der Waals surface area (Å²) in [5.41, 5.74) is 2.19. The second kappa shape index (κ2) is 8.41. The molecular formula is C14H18BrNO4S. The Kier molecular flexibility index (Phi) is 7.21. The smallest absolute Gasteiger partial charge is 0.334 e. The van der Waals surface area contributed by atoms with Gasteiger partial charge in [-0.3, -0.25) is 4.79 Å². The van der Waals surface area contributed by atoms with E-state index in [0.717, 1.165) is 20.5 Å². The van der Waals surface area contributed by atoms with Crippen molar-refractivity contribution in [1.82, 2.24) is 5.32 Å². The molecule has 7 heteroatoms. The number of nitrogens with one attached hydrogen (secondary N) is 1. The summed E-state index contributed by atoms with van der Waals surface area (Å²) in [6.45, 7) is 3.93. The molecule has 0 aromatic heterocycles. The monoisotopic (exact) mass is 375 g/mol. The van der Waals surface area contributed by atoms with Crippen LogP contribution in [0.15, 0.2) is 21.5 Å². The second-order valence-electron chi connectivity index (χ2n) is 4.52. The van der Waals surface area contributed by atoms with Gasteiger partial charge in [-0.1, -0.05) is 15.9 Å². The summed E-state index contributed by atoms with van der Waals surface area (Å²) < 4.78 is 5.79. The molecule has 21 heavy (non-hydrogen) atoms. The van der Waals surface area contributed by atoms with Crippen molar-refractivity contribution >= 4 is 39.6 Å². The first-order valence-electron chi connectivity index (χ1n) is 6.27. The molecule has 0 bridgehead atoms. The van der Waals surface area contributed by atoms with Crippen LogP contribution in [0.4, 0.5) is 0 Å². The van der Waals surface area contributed by atoms with Gasteiger partial charge in [0.15, 0.2) is 6.10 Å². The van der Waals surface area contributed by atoms with Gasteiger partial charge in [0.1, 0.15) is 0 Å². The van der Waals surface area contributed by atoms with Gasteiger partial charge < -0.3 is 15.2 Å². The molecule has 0 saturated carbocycles. The quantitative estimate of drug-likeness (QED) is 0.715. The fourth-order valence-electron chi connectivity index (χ4n) is 1.58. The molecule has 1 amide bonds. The number of carbonyl (C=O) groups excluding carboxylic acids is 1. The molecular weight excluding hydrogens is 358 g/mol. The van der Waals surface area contributed by atoms with E-state index >= 15 is 0 Å². The Balaban J connectivity index is 2.50. The molecule has 1 atom stereocenters. The Bertz CT molecular complexity index is 536. The Labute approximate surface area is 136 Å². The molecule has 0 radical (unpaired) electrons. The number of amides is 1. The summed E-state index contributed by atoms with van der Waals surface area (Å²) in [6.07, 6.45) is -1.02. The number of aliphatic carboxylic acids is 1. The minimum atomic E-state index is -1.09. The Morgan fingerprint density at radius 1 is 1.38 bits per heavy atom. The van der Waals surface area contributed by atoms with Crippen LogP contribution in [-0.2, 0) is 14.3 Å². The van der Waals surface area contributed by atoms with Crippen molar-refractivity contribution in [2.24, 2.45) is 0 Å². The Morgan fingerprint density at radius 2 is 2.05 bits per heavy atom. The lowest BCUT2D eigenvalue weighted by atomic mass is 10.2. The zero-order valence-corrected chi connectivity index (χ0v) is 14.5. The molecule has 0 saturated heterocycles. The minimum Gasteiger partial charge on any atom is -0.479 e. The maximum absolute atomic E-state index is 11.7. The van der Waals surface area contributed by atoms with Crippen molar-refractivity contribution in [3.05, 3.63) is 27.7 Å². The van der Waals surface area contributed by atoms with Crippen LogP contribution in [0.5, 0.6) is 0 Å². The lowest BCUT2D eigenvalue weighted by molar-refractivity contribution is -0.148. The van der Waals surface area contributed by atoms with Crippen molar-refractivity contribution in [2.75, 3.05) is 19.4 Å². The van der Waals surface area contributed by atoms with E-state index in [0.29, 0.717) is 0 Å². The zero-order chi connectivity index (χ0) is 16.0. The summed E-state index contributed by atoms with van der Waals surface area (Å²) in [5, 5.41) is 11.4. The van der Waals surface area contributed by atoms with Crippen LogP contribution >= 0.6 is 27.7 Å². The fourth-order valence-corrected chi connectivity index (χ4v) is 2.98. The van der Waals surface area contributed by atoms with E-state index in [2.05, 4.69) is 21.2 Å². The highest BCUT2D eigenvalue weighted by Crippen LogP contribution is 2.28. The third kappa shape index (κ3) is 5.68. The lowest BCUT2D eigenvalue weighted by Crippen LogP contribution is -2.38. The molecule has 5 nitrogen and oxygen atoms in total. The van der Waals surface area contributed by atoms with Gasteiger partial charge in [0.25, 0.3) is 0 Å². The van der Waals surface area contributed by atoms with E-state index in [1.54, 1.807) is 0 Å². The van der Waals surface area contributed by atoms with E-state index in [4.69, 9.17) is 9.84 Å². The first-order valence-corrected chi connectivity index (χ1v) is 8.04. The summed E-state index contributed by atoms with van der Waals surface area (Å²) in [4.78, 5) is 23.5. The standard InChI is InChI=1S/C14H18BrNO4S/c1-8-5-12(9(2)4-10(8)15)21-7-13(17)16-6-11(20-3)14(18)19/h4-5,11H,6-7H2,1-3H3,(H,16,17)(H,18,19). The highest BCUT2D eigenvalue weighted by atomic mass is 79.9. The van der Waals surface area contributed by atoms with Crippen molar-refractivity contribution in [3.8, 4) is 0 Å². The number of methoxy groups -OCH3 is 1. The molecule has 0 heterocycles. The van der Waals surface area contributed by atoms with Gasteiger partial charge in [0, 0.05) is 16.5 Å². The van der Waals surface area contributed by atoms with Crippen molar-refractivity contribution < 1.29 is 19.4 Å². The molecule has 116 valence electrons. The zero-order valence-electron chi connectivity index (χ0n) is 12.1. The van der Waals surface area contributed by atoms with Crippen LogP contribution in [0.25, 0.3) is 0 Å². The van der Waals surface area contributed by atoms with Crippen molar-refractivity contribution in [3.63, 3.8) is 0 Å². The van der Waals surface area contributed by atoms with Gasteiger partial charge in [-0.2, -0.15) is 0 Å². The Hall–Kier alpha value is -1.05. The molecule has 1 rings (SSSR count). The average Bonchev–Trinajstić information content (AvgIpc) is 2.41. The topological polar surface area (TPSA) is 75.6 Å². The number of ether oxygens (including phenoxy) is 1. The molecule has 1 aromatic carbocycles. The number of hydrogen-bond donors (Lipinski definition) is 2. The number of thioether (sulfide) groups is 1. The van der Waals surface area contributed by atoms with Crippen LogP contribution in [0.2, 0.25) is 0 Å². The summed E-state index contributed by atoms with van der Waals surface area (Å²) >= 11 is 4.89. The first-order chi connectivity index (χ1) is 9.85. The van der Waals surface area contributed by atoms with Gasteiger partial charge >= 0.3 is 5.97 Å². The van der Waals surface area contributed by atoms with Gasteiger partial charge in [0.05, 0.1) is 12.3 Å². The van der Waals surface area contributed by atoms with Crippen LogP contribution in [0.3, 0.4) is 0 Å². The average molecular weight is 376 g/mol. The van der Waals surface area contributed by atoms with E-state index < -0.39 is 12.1 Å². The third-order valence-electron chi connectivity index (χ3n) is 2.86. The minimum absolute atomic E-state index is 0.0381. The molecule has 0 spiro atoms. The highest BCUT2D eigenvalue weighted by molar-refractivity contribution is 9.10. The third-order valence-corrected chi connectivity index (χ3v) is 4.87. The summed E-state index contributed by atoms with van der Waals surface area (Å²) in [7, 11) is 1.30. The number of carbonyl (C=O) groups is 2. The van der Waals surface area contributed by atoms with Gasteiger partial charge in [-0.15, -0.1) is 11.8 Å². The van der Waals surface area contributed by atoms with E-state index in [-0.39, 0.29) is 18.2 Å². The lowest BCUT2D eigenvalue weighted by Gasteiger charge is -2.12. The molecule has 0 aliphatic carbocycles. The molecule has 0 fully saturated rings. The number of carboxylic acids is 1. The molecule has 0 aliphatic heterocycles. The normalized spacial score (nSPS) is 12.0. The van der Waals surface area contributed by atoms with Crippen molar-refractivity contribution in [2.45, 2.75) is 24.8 Å². The van der Waals surface area contributed by atoms with Crippen LogP contribution in [0.1, 0.15) is 11.1 Å². The molecule has 2 N–H and O–H groups in total. The number of carboxylic acid groups (broad SMARTS) is 1. The van der Waals surface area contributed by atoms with E-state index in [1.165, 1.54) is 18.9 Å². The molecule has 0 aliphatic rings. The van der Waals surface area contributed by atoms with Gasteiger partial charge in [0.2, 0.25) is 5.91 Å². The highest BCUT2D eigenvalue weighted by Gasteiger charge is 2.17. The maximum atomic E-state index is 11.7. The number of rotatable bonds is 7. The van der Waals surface area contributed by atoms with Crippen LogP contribution in [-0.4, -0.2) is 42.5 Å². The first kappa shape index (κ1) is 18.0. The van der Waals surface area contributed by atoms with Gasteiger partial charge in [-0.05, 0) is 37.1 Å². The number of aryl methyl sites for hydroxylation is 2.